The summed E-state index contributed by atoms with van der Waals surface area (Å²) in [4.78, 5) is 29.4. The molecule has 186 valence electrons. The van der Waals surface area contributed by atoms with Crippen LogP contribution in [0.15, 0.2) is 53.6 Å². The van der Waals surface area contributed by atoms with Crippen molar-refractivity contribution in [2.45, 2.75) is 57.1 Å². The Morgan fingerprint density at radius 2 is 1.97 bits per heavy atom. The summed E-state index contributed by atoms with van der Waals surface area (Å²) in [5, 5.41) is 21.7. The molecule has 2 aliphatic rings. The van der Waals surface area contributed by atoms with E-state index in [0.717, 1.165) is 36.8 Å². The fourth-order valence-corrected chi connectivity index (χ4v) is 5.79. The Kier molecular flexibility index (Phi) is 5.15. The highest BCUT2D eigenvalue weighted by Crippen LogP contribution is 2.62. The number of hydrogen-bond acceptors (Lipinski definition) is 6. The van der Waals surface area contributed by atoms with Crippen LogP contribution in [-0.4, -0.2) is 48.8 Å². The van der Waals surface area contributed by atoms with Gasteiger partial charge in [0.25, 0.3) is 11.5 Å². The minimum Gasteiger partial charge on any atom is -0.490 e. The number of H-pyrrole nitrogens is 1. The van der Waals surface area contributed by atoms with Crippen LogP contribution in [0.3, 0.4) is 0 Å². The molecule has 0 aliphatic heterocycles. The van der Waals surface area contributed by atoms with Crippen LogP contribution in [0.1, 0.15) is 61.6 Å². The second-order valence-electron chi connectivity index (χ2n) is 11.0. The molecule has 3 N–H and O–H groups in total. The summed E-state index contributed by atoms with van der Waals surface area (Å²) in [7, 11) is 0. The Morgan fingerprint density at radius 1 is 1.22 bits per heavy atom. The van der Waals surface area contributed by atoms with Crippen molar-refractivity contribution >= 4 is 22.3 Å². The summed E-state index contributed by atoms with van der Waals surface area (Å²) < 4.78 is 7.37. The number of carbonyl (C=O) groups is 1. The number of rotatable bonds is 6. The van der Waals surface area contributed by atoms with Crippen molar-refractivity contribution in [1.82, 2.24) is 24.9 Å². The zero-order valence-corrected chi connectivity index (χ0v) is 20.3. The van der Waals surface area contributed by atoms with Crippen LogP contribution < -0.4 is 15.6 Å². The first kappa shape index (κ1) is 22.7. The Labute approximate surface area is 207 Å². The lowest BCUT2D eigenvalue weighted by Crippen LogP contribution is -2.55. The predicted octanol–water partition coefficient (Wildman–Crippen LogP) is 3.18. The highest BCUT2D eigenvalue weighted by Gasteiger charge is 2.54. The average molecular weight is 488 g/mol. The topological polar surface area (TPSA) is 122 Å². The second kappa shape index (κ2) is 8.16. The minimum absolute atomic E-state index is 0.138. The van der Waals surface area contributed by atoms with E-state index in [-0.39, 0.29) is 29.5 Å². The molecule has 6 rings (SSSR count). The van der Waals surface area contributed by atoms with E-state index in [9.17, 15) is 14.7 Å². The number of aliphatic hydroxyl groups is 1. The van der Waals surface area contributed by atoms with Gasteiger partial charge >= 0.3 is 0 Å². The summed E-state index contributed by atoms with van der Waals surface area (Å²) in [6.45, 7) is 3.52. The minimum atomic E-state index is -0.933. The normalized spacial score (nSPS) is 23.4. The number of fused-ring (bicyclic) bond motifs is 2. The second-order valence-corrected chi connectivity index (χ2v) is 11.0. The SMILES string of the molecule is CC(C)(O)COc1ccn2c(C(=O)NC3CC4(C3)CC(c3n[nH]c(=O)c5ccccc35)C4)cnc2c1. The van der Waals surface area contributed by atoms with Gasteiger partial charge in [-0.05, 0) is 57.1 Å². The fraction of sp³-hybridized carbons (Fsp3) is 0.407. The van der Waals surface area contributed by atoms with Gasteiger partial charge in [0.2, 0.25) is 0 Å². The number of nitrogens with zero attached hydrogens (tertiary/aromatic N) is 3. The van der Waals surface area contributed by atoms with Crippen molar-refractivity contribution in [3.63, 3.8) is 0 Å². The van der Waals surface area contributed by atoms with Gasteiger partial charge in [-0.15, -0.1) is 0 Å². The van der Waals surface area contributed by atoms with Crippen LogP contribution in [-0.2, 0) is 0 Å². The molecule has 0 bridgehead atoms. The summed E-state index contributed by atoms with van der Waals surface area (Å²) >= 11 is 0. The number of ether oxygens (including phenoxy) is 1. The average Bonchev–Trinajstić information content (AvgIpc) is 3.22. The molecule has 1 amide bonds. The number of aromatic nitrogens is 4. The van der Waals surface area contributed by atoms with E-state index in [1.54, 1.807) is 42.8 Å². The van der Waals surface area contributed by atoms with E-state index in [4.69, 9.17) is 4.74 Å². The van der Waals surface area contributed by atoms with Crippen LogP contribution in [0.5, 0.6) is 5.75 Å². The number of benzene rings is 1. The molecule has 4 aromatic rings. The van der Waals surface area contributed by atoms with Gasteiger partial charge in [-0.1, -0.05) is 18.2 Å². The molecule has 2 aliphatic carbocycles. The molecule has 0 radical (unpaired) electrons. The zero-order valence-electron chi connectivity index (χ0n) is 20.3. The molecule has 3 heterocycles. The number of pyridine rings is 1. The lowest BCUT2D eigenvalue weighted by atomic mass is 9.49. The van der Waals surface area contributed by atoms with Gasteiger partial charge in [-0.2, -0.15) is 5.10 Å². The molecule has 2 saturated carbocycles. The van der Waals surface area contributed by atoms with Gasteiger partial charge in [0.1, 0.15) is 23.7 Å². The fourth-order valence-electron chi connectivity index (χ4n) is 5.79. The molecule has 9 heteroatoms. The van der Waals surface area contributed by atoms with E-state index in [1.165, 1.54) is 0 Å². The summed E-state index contributed by atoms with van der Waals surface area (Å²) in [5.41, 5.74) is 1.22. The summed E-state index contributed by atoms with van der Waals surface area (Å²) in [5.74, 6) is 0.777. The molecule has 0 atom stereocenters. The quantitative estimate of drug-likeness (QED) is 0.384. The Hall–Kier alpha value is -3.72. The molecule has 1 spiro atoms. The highest BCUT2D eigenvalue weighted by molar-refractivity contribution is 5.93. The van der Waals surface area contributed by atoms with Crippen LogP contribution in [0.2, 0.25) is 0 Å². The molecule has 0 unspecified atom stereocenters. The van der Waals surface area contributed by atoms with Crippen LogP contribution in [0.25, 0.3) is 16.4 Å². The number of nitrogens with one attached hydrogen (secondary N) is 2. The van der Waals surface area contributed by atoms with E-state index in [0.29, 0.717) is 28.4 Å². The summed E-state index contributed by atoms with van der Waals surface area (Å²) in [6.07, 6.45) is 7.27. The molecule has 2 fully saturated rings. The maximum Gasteiger partial charge on any atom is 0.272 e. The first-order valence-electron chi connectivity index (χ1n) is 12.3. The standard InChI is InChI=1S/C27H29N5O4/c1-26(2,35)15-36-18-7-8-32-21(14-28-22(32)9-18)25(34)29-17-12-27(13-17)10-16(11-27)23-19-5-3-4-6-20(19)24(33)31-30-23/h3-9,14,16-17,35H,10-13,15H2,1-2H3,(H,29,34)(H,31,33). The molecule has 36 heavy (non-hydrogen) atoms. The third kappa shape index (κ3) is 4.03. The van der Waals surface area contributed by atoms with Crippen molar-refractivity contribution in [2.75, 3.05) is 6.61 Å². The number of carbonyl (C=O) groups excluding carboxylic acids is 1. The largest absolute Gasteiger partial charge is 0.490 e. The summed E-state index contributed by atoms with van der Waals surface area (Å²) in [6, 6.07) is 11.3. The van der Waals surface area contributed by atoms with Gasteiger partial charge < -0.3 is 15.2 Å². The van der Waals surface area contributed by atoms with Gasteiger partial charge in [0.15, 0.2) is 0 Å². The van der Waals surface area contributed by atoms with E-state index in [1.807, 2.05) is 24.3 Å². The van der Waals surface area contributed by atoms with E-state index < -0.39 is 5.60 Å². The first-order chi connectivity index (χ1) is 17.2. The van der Waals surface area contributed by atoms with Crippen molar-refractivity contribution in [3.8, 4) is 5.75 Å². The third-order valence-electron chi connectivity index (χ3n) is 7.47. The lowest BCUT2D eigenvalue weighted by molar-refractivity contribution is -0.0197. The van der Waals surface area contributed by atoms with Gasteiger partial charge in [0.05, 0.1) is 22.9 Å². The maximum absolute atomic E-state index is 13.0. The van der Waals surface area contributed by atoms with Gasteiger partial charge in [-0.3, -0.25) is 14.0 Å². The highest BCUT2D eigenvalue weighted by atomic mass is 16.5. The van der Waals surface area contributed by atoms with Crippen LogP contribution >= 0.6 is 0 Å². The van der Waals surface area contributed by atoms with Crippen molar-refractivity contribution in [2.24, 2.45) is 5.41 Å². The Bertz CT molecular complexity index is 1520. The Balaban J connectivity index is 1.07. The molecule has 0 saturated heterocycles. The van der Waals surface area contributed by atoms with Gasteiger partial charge in [0, 0.05) is 29.6 Å². The number of hydrogen-bond donors (Lipinski definition) is 3. The van der Waals surface area contributed by atoms with E-state index >= 15 is 0 Å². The Morgan fingerprint density at radius 3 is 2.72 bits per heavy atom. The molecular weight excluding hydrogens is 458 g/mol. The molecular formula is C27H29N5O4. The van der Waals surface area contributed by atoms with Crippen molar-refractivity contribution in [1.29, 1.82) is 0 Å². The zero-order chi connectivity index (χ0) is 25.1. The lowest BCUT2D eigenvalue weighted by Gasteiger charge is -2.57. The third-order valence-corrected chi connectivity index (χ3v) is 7.47. The maximum atomic E-state index is 13.0. The monoisotopic (exact) mass is 487 g/mol. The van der Waals surface area contributed by atoms with Gasteiger partial charge in [-0.25, -0.2) is 10.1 Å². The number of aromatic amines is 1. The number of amides is 1. The van der Waals surface area contributed by atoms with Crippen molar-refractivity contribution in [3.05, 3.63) is 70.5 Å². The van der Waals surface area contributed by atoms with Crippen molar-refractivity contribution < 1.29 is 14.6 Å². The van der Waals surface area contributed by atoms with Crippen LogP contribution in [0, 0.1) is 5.41 Å². The predicted molar refractivity (Wildman–Crippen MR) is 134 cm³/mol. The van der Waals surface area contributed by atoms with Crippen LogP contribution in [0.4, 0.5) is 0 Å². The number of imidazole rings is 1. The molecule has 9 nitrogen and oxygen atoms in total. The first-order valence-corrected chi connectivity index (χ1v) is 12.3. The smallest absolute Gasteiger partial charge is 0.272 e. The molecule has 1 aromatic carbocycles. The van der Waals surface area contributed by atoms with E-state index in [2.05, 4.69) is 20.5 Å². The molecule has 3 aromatic heterocycles.